The second-order valence-corrected chi connectivity index (χ2v) is 8.99. The van der Waals surface area contributed by atoms with Crippen LogP contribution in [0.4, 0.5) is 16.2 Å². The van der Waals surface area contributed by atoms with Crippen molar-refractivity contribution >= 4 is 40.9 Å². The Morgan fingerprint density at radius 1 is 1.15 bits per heavy atom. The van der Waals surface area contributed by atoms with E-state index in [-0.39, 0.29) is 17.9 Å². The SMILES string of the molecule is CCOC(=O)[C@@H]1C(C(C)=O)(C(C)=O)[C@]12C(=O)N(C(=O)OC(C)(C)C)c1ccc([N+](=O)[O-])cc12. The van der Waals surface area contributed by atoms with Crippen LogP contribution < -0.4 is 4.90 Å². The molecule has 1 aliphatic heterocycles. The first-order valence-electron chi connectivity index (χ1n) is 10.2. The molecule has 33 heavy (non-hydrogen) atoms. The molecule has 2 atom stereocenters. The number of fused-ring (bicyclic) bond motifs is 2. The van der Waals surface area contributed by atoms with Crippen LogP contribution in [-0.4, -0.2) is 46.7 Å². The number of imide groups is 1. The molecular formula is C22H24N2O9. The number of nitrogens with zero attached hydrogens (tertiary/aromatic N) is 2. The number of carbonyl (C=O) groups is 5. The maximum atomic E-state index is 13.8. The van der Waals surface area contributed by atoms with Gasteiger partial charge in [-0.15, -0.1) is 0 Å². The van der Waals surface area contributed by atoms with Gasteiger partial charge in [0, 0.05) is 17.7 Å². The lowest BCUT2D eigenvalue weighted by Crippen LogP contribution is -2.44. The van der Waals surface area contributed by atoms with Crippen LogP contribution in [0.15, 0.2) is 18.2 Å². The number of anilines is 1. The second kappa shape index (κ2) is 7.46. The van der Waals surface area contributed by atoms with Gasteiger partial charge in [-0.2, -0.15) is 0 Å². The molecule has 1 aromatic carbocycles. The molecule has 11 nitrogen and oxygen atoms in total. The lowest BCUT2D eigenvalue weighted by atomic mass is 9.82. The van der Waals surface area contributed by atoms with Crippen molar-refractivity contribution < 1.29 is 38.4 Å². The zero-order chi connectivity index (χ0) is 25.1. The minimum absolute atomic E-state index is 0.0942. The number of non-ortho nitro benzene ring substituents is 1. The fraction of sp³-hybridized carbons (Fsp3) is 0.500. The van der Waals surface area contributed by atoms with Crippen LogP contribution in [0.3, 0.4) is 0 Å². The van der Waals surface area contributed by atoms with Crippen molar-refractivity contribution in [3.8, 4) is 0 Å². The Morgan fingerprint density at radius 2 is 1.73 bits per heavy atom. The van der Waals surface area contributed by atoms with Crippen LogP contribution in [0.2, 0.25) is 0 Å². The van der Waals surface area contributed by atoms with E-state index in [1.54, 1.807) is 20.8 Å². The van der Waals surface area contributed by atoms with E-state index in [1.807, 2.05) is 0 Å². The summed E-state index contributed by atoms with van der Waals surface area (Å²) < 4.78 is 10.4. The van der Waals surface area contributed by atoms with Crippen molar-refractivity contribution in [3.63, 3.8) is 0 Å². The third-order valence-electron chi connectivity index (χ3n) is 6.01. The Kier molecular flexibility index (Phi) is 5.43. The summed E-state index contributed by atoms with van der Waals surface area (Å²) >= 11 is 0. The van der Waals surface area contributed by atoms with Crippen LogP contribution in [0.5, 0.6) is 0 Å². The summed E-state index contributed by atoms with van der Waals surface area (Å²) in [5, 5.41) is 11.5. The molecule has 176 valence electrons. The lowest BCUT2D eigenvalue weighted by Gasteiger charge is -2.24. The maximum absolute atomic E-state index is 13.8. The van der Waals surface area contributed by atoms with E-state index in [0.717, 1.165) is 32.0 Å². The lowest BCUT2D eigenvalue weighted by molar-refractivity contribution is -0.384. The van der Waals surface area contributed by atoms with Gasteiger partial charge in [0.25, 0.3) is 5.69 Å². The molecule has 1 aromatic rings. The van der Waals surface area contributed by atoms with Crippen LogP contribution in [-0.2, 0) is 34.1 Å². The van der Waals surface area contributed by atoms with Crippen molar-refractivity contribution in [2.24, 2.45) is 11.3 Å². The number of ether oxygens (including phenoxy) is 2. The number of carbonyl (C=O) groups excluding carboxylic acids is 5. The highest BCUT2D eigenvalue weighted by Gasteiger charge is 2.92. The van der Waals surface area contributed by atoms with Crippen LogP contribution in [0.25, 0.3) is 0 Å². The number of nitro benzene ring substituents is 1. The molecule has 0 aromatic heterocycles. The molecule has 0 saturated heterocycles. The standard InChI is InChI=1S/C22H24N2O9/c1-7-32-17(27)16-21(11(2)25,12(3)26)22(16)14-10-13(24(30)31)8-9-15(14)23(18(22)28)19(29)33-20(4,5)6/h8-10,16H,7H2,1-6H3/t16-,22+/m1/s1. The third-order valence-corrected chi connectivity index (χ3v) is 6.01. The Bertz CT molecular complexity index is 1100. The van der Waals surface area contributed by atoms with Crippen molar-refractivity contribution in [2.75, 3.05) is 11.5 Å². The Hall–Kier alpha value is -3.63. The van der Waals surface area contributed by atoms with Gasteiger partial charge in [-0.05, 0) is 47.6 Å². The van der Waals surface area contributed by atoms with Gasteiger partial charge in [0.15, 0.2) is 0 Å². The van der Waals surface area contributed by atoms with E-state index in [4.69, 9.17) is 9.47 Å². The Morgan fingerprint density at radius 3 is 2.18 bits per heavy atom. The fourth-order valence-electron chi connectivity index (χ4n) is 4.96. The predicted molar refractivity (Wildman–Crippen MR) is 112 cm³/mol. The first kappa shape index (κ1) is 24.0. The van der Waals surface area contributed by atoms with Crippen LogP contribution >= 0.6 is 0 Å². The molecule has 0 N–H and O–H groups in total. The second-order valence-electron chi connectivity index (χ2n) is 8.99. The van der Waals surface area contributed by atoms with Crippen LogP contribution in [0.1, 0.15) is 47.1 Å². The number of rotatable bonds is 5. The molecule has 1 spiro atoms. The Labute approximate surface area is 189 Å². The molecule has 0 radical (unpaired) electrons. The quantitative estimate of drug-likeness (QED) is 0.279. The predicted octanol–water partition coefficient (Wildman–Crippen LogP) is 2.47. The number of benzene rings is 1. The summed E-state index contributed by atoms with van der Waals surface area (Å²) in [6, 6.07) is 3.25. The normalized spacial score (nSPS) is 22.5. The highest BCUT2D eigenvalue weighted by Crippen LogP contribution is 2.75. The summed E-state index contributed by atoms with van der Waals surface area (Å²) in [4.78, 5) is 76.9. The van der Waals surface area contributed by atoms with E-state index in [0.29, 0.717) is 4.90 Å². The van der Waals surface area contributed by atoms with E-state index in [1.165, 1.54) is 6.92 Å². The number of ketones is 2. The largest absolute Gasteiger partial charge is 0.466 e. The summed E-state index contributed by atoms with van der Waals surface area (Å²) in [6.45, 7) is 8.26. The average Bonchev–Trinajstić information content (AvgIpc) is 3.26. The molecule has 2 amide bonds. The molecule has 2 aliphatic rings. The third kappa shape index (κ3) is 3.05. The Balaban J connectivity index is 2.36. The van der Waals surface area contributed by atoms with Crippen LogP contribution in [0, 0.1) is 21.4 Å². The van der Waals surface area contributed by atoms with Gasteiger partial charge in [0.1, 0.15) is 28.0 Å². The van der Waals surface area contributed by atoms with E-state index >= 15 is 0 Å². The van der Waals surface area contributed by atoms with Crippen molar-refractivity contribution in [3.05, 3.63) is 33.9 Å². The number of amides is 2. The highest BCUT2D eigenvalue weighted by atomic mass is 16.6. The smallest absolute Gasteiger partial charge is 0.421 e. The van der Waals surface area contributed by atoms with Crippen molar-refractivity contribution in [1.82, 2.24) is 0 Å². The van der Waals surface area contributed by atoms with Gasteiger partial charge in [-0.25, -0.2) is 9.69 Å². The minimum atomic E-state index is -2.17. The van der Waals surface area contributed by atoms with Gasteiger partial charge in [0.05, 0.1) is 23.1 Å². The topological polar surface area (TPSA) is 150 Å². The molecule has 1 fully saturated rings. The molecule has 11 heteroatoms. The van der Waals surface area contributed by atoms with Gasteiger partial charge in [-0.3, -0.25) is 29.3 Å². The number of Topliss-reactive ketones (excluding diaryl/α,β-unsaturated/α-hetero) is 2. The molecule has 1 saturated carbocycles. The van der Waals surface area contributed by atoms with E-state index < -0.39 is 62.5 Å². The number of esters is 1. The van der Waals surface area contributed by atoms with Gasteiger partial charge >= 0.3 is 12.1 Å². The monoisotopic (exact) mass is 460 g/mol. The first-order valence-corrected chi connectivity index (χ1v) is 10.2. The maximum Gasteiger partial charge on any atom is 0.421 e. The van der Waals surface area contributed by atoms with E-state index in [9.17, 15) is 34.1 Å². The van der Waals surface area contributed by atoms with Crippen molar-refractivity contribution in [1.29, 1.82) is 0 Å². The molecular weight excluding hydrogens is 436 g/mol. The summed E-state index contributed by atoms with van der Waals surface area (Å²) in [6.07, 6.45) is -1.10. The average molecular weight is 460 g/mol. The van der Waals surface area contributed by atoms with Gasteiger partial charge in [-0.1, -0.05) is 0 Å². The minimum Gasteiger partial charge on any atom is -0.466 e. The van der Waals surface area contributed by atoms with Gasteiger partial charge in [0.2, 0.25) is 5.91 Å². The molecule has 3 rings (SSSR count). The summed E-state index contributed by atoms with van der Waals surface area (Å²) in [5.41, 5.74) is -6.01. The molecule has 1 heterocycles. The number of nitro groups is 1. The highest BCUT2D eigenvalue weighted by molar-refractivity contribution is 6.33. The molecule has 0 bridgehead atoms. The zero-order valence-electron chi connectivity index (χ0n) is 19.1. The fourth-order valence-corrected chi connectivity index (χ4v) is 4.96. The number of hydrogen-bond acceptors (Lipinski definition) is 9. The van der Waals surface area contributed by atoms with E-state index in [2.05, 4.69) is 0 Å². The zero-order valence-corrected chi connectivity index (χ0v) is 19.1. The molecule has 0 unspecified atom stereocenters. The first-order chi connectivity index (χ1) is 15.2. The molecule has 1 aliphatic carbocycles. The van der Waals surface area contributed by atoms with Gasteiger partial charge < -0.3 is 9.47 Å². The summed E-state index contributed by atoms with van der Waals surface area (Å²) in [7, 11) is 0. The summed E-state index contributed by atoms with van der Waals surface area (Å²) in [5.74, 6) is -5.19. The van der Waals surface area contributed by atoms with Crippen molar-refractivity contribution in [2.45, 2.75) is 52.6 Å². The number of hydrogen-bond donors (Lipinski definition) is 0.